The summed E-state index contributed by atoms with van der Waals surface area (Å²) in [7, 11) is 0. The summed E-state index contributed by atoms with van der Waals surface area (Å²) in [5, 5.41) is 5.46. The smallest absolute Gasteiger partial charge is 0.288 e. The van der Waals surface area contributed by atoms with E-state index < -0.39 is 23.4 Å². The second kappa shape index (κ2) is 7.49. The van der Waals surface area contributed by atoms with Crippen LogP contribution in [0.3, 0.4) is 0 Å². The molecular formula is C20H21N3O3. The van der Waals surface area contributed by atoms with E-state index in [9.17, 15) is 14.4 Å². The largest absolute Gasteiger partial charge is 0.330 e. The quantitative estimate of drug-likeness (QED) is 0.782. The van der Waals surface area contributed by atoms with Crippen LogP contribution >= 0.6 is 0 Å². The first-order valence-electron chi connectivity index (χ1n) is 8.61. The van der Waals surface area contributed by atoms with Gasteiger partial charge in [-0.3, -0.25) is 25.1 Å². The summed E-state index contributed by atoms with van der Waals surface area (Å²) in [6.45, 7) is 2.43. The van der Waals surface area contributed by atoms with Crippen molar-refractivity contribution in [3.8, 4) is 0 Å². The number of hydrogen-bond acceptors (Lipinski definition) is 4. The first-order chi connectivity index (χ1) is 12.6. The molecule has 2 aromatic rings. The molecule has 0 aliphatic carbocycles. The Labute approximate surface area is 152 Å². The van der Waals surface area contributed by atoms with Crippen LogP contribution in [0.25, 0.3) is 0 Å². The maximum atomic E-state index is 13.3. The number of imide groups is 2. The number of amides is 4. The minimum absolute atomic E-state index is 0.250. The van der Waals surface area contributed by atoms with E-state index in [1.54, 1.807) is 24.3 Å². The van der Waals surface area contributed by atoms with Crippen LogP contribution in [-0.4, -0.2) is 29.3 Å². The Kier molecular flexibility index (Phi) is 5.14. The summed E-state index contributed by atoms with van der Waals surface area (Å²) in [6, 6.07) is 17.6. The van der Waals surface area contributed by atoms with E-state index in [1.807, 2.05) is 43.3 Å². The molecule has 0 aromatic heterocycles. The number of carbonyl (C=O) groups excluding carboxylic acids is 3. The molecule has 26 heavy (non-hydrogen) atoms. The van der Waals surface area contributed by atoms with Gasteiger partial charge in [-0.05, 0) is 17.5 Å². The lowest BCUT2D eigenvalue weighted by Crippen LogP contribution is -2.71. The lowest BCUT2D eigenvalue weighted by Gasteiger charge is -2.40. The van der Waals surface area contributed by atoms with Gasteiger partial charge in [-0.25, -0.2) is 4.79 Å². The molecule has 0 spiro atoms. The van der Waals surface area contributed by atoms with Gasteiger partial charge in [0, 0.05) is 13.1 Å². The number of benzene rings is 2. The Hall–Kier alpha value is -2.99. The third kappa shape index (κ3) is 3.11. The molecule has 3 rings (SSSR count). The van der Waals surface area contributed by atoms with E-state index in [0.717, 1.165) is 10.5 Å². The van der Waals surface area contributed by atoms with Crippen molar-refractivity contribution in [3.63, 3.8) is 0 Å². The van der Waals surface area contributed by atoms with Crippen LogP contribution in [0, 0.1) is 0 Å². The van der Waals surface area contributed by atoms with Gasteiger partial charge in [0.25, 0.3) is 11.8 Å². The van der Waals surface area contributed by atoms with Crippen LogP contribution < -0.4 is 10.6 Å². The average Bonchev–Trinajstić information content (AvgIpc) is 2.67. The Bertz CT molecular complexity index is 808. The summed E-state index contributed by atoms with van der Waals surface area (Å²) in [5.74, 6) is -1.20. The van der Waals surface area contributed by atoms with E-state index in [2.05, 4.69) is 10.6 Å². The number of urea groups is 1. The Morgan fingerprint density at radius 1 is 0.962 bits per heavy atom. The summed E-state index contributed by atoms with van der Waals surface area (Å²) in [5.41, 5.74) is -0.199. The third-order valence-electron chi connectivity index (χ3n) is 4.43. The molecule has 0 saturated carbocycles. The molecule has 0 bridgehead atoms. The molecule has 1 aliphatic heterocycles. The predicted octanol–water partition coefficient (Wildman–Crippen LogP) is 2.16. The topological polar surface area (TPSA) is 78.5 Å². The van der Waals surface area contributed by atoms with Gasteiger partial charge < -0.3 is 0 Å². The SMILES string of the molecule is CCCN1C(=O)NC(=O)C(NCc2ccccc2)(c2ccccc2)C1=O. The summed E-state index contributed by atoms with van der Waals surface area (Å²) in [4.78, 5) is 39.4. The number of carbonyl (C=O) groups is 3. The van der Waals surface area contributed by atoms with Crippen LogP contribution in [0.1, 0.15) is 24.5 Å². The number of hydrogen-bond donors (Lipinski definition) is 2. The van der Waals surface area contributed by atoms with Gasteiger partial charge in [-0.2, -0.15) is 0 Å². The second-order valence-electron chi connectivity index (χ2n) is 6.17. The van der Waals surface area contributed by atoms with Crippen LogP contribution in [0.4, 0.5) is 4.79 Å². The van der Waals surface area contributed by atoms with Gasteiger partial charge in [0.15, 0.2) is 0 Å². The van der Waals surface area contributed by atoms with Gasteiger partial charge in [0.2, 0.25) is 5.54 Å². The second-order valence-corrected chi connectivity index (χ2v) is 6.17. The van der Waals surface area contributed by atoms with Crippen LogP contribution in [0.15, 0.2) is 60.7 Å². The molecule has 6 heteroatoms. The minimum Gasteiger partial charge on any atom is -0.288 e. The molecule has 2 aromatic carbocycles. The number of barbiturate groups is 1. The first-order valence-corrected chi connectivity index (χ1v) is 8.61. The third-order valence-corrected chi connectivity index (χ3v) is 4.43. The molecular weight excluding hydrogens is 330 g/mol. The van der Waals surface area contributed by atoms with Crippen molar-refractivity contribution < 1.29 is 14.4 Å². The highest BCUT2D eigenvalue weighted by molar-refractivity contribution is 6.22. The fourth-order valence-electron chi connectivity index (χ4n) is 3.11. The lowest BCUT2D eigenvalue weighted by molar-refractivity contribution is -0.147. The maximum Gasteiger partial charge on any atom is 0.330 e. The molecule has 4 amide bonds. The van der Waals surface area contributed by atoms with Crippen molar-refractivity contribution in [2.45, 2.75) is 25.4 Å². The van der Waals surface area contributed by atoms with Crippen molar-refractivity contribution in [2.75, 3.05) is 6.54 Å². The molecule has 1 aliphatic rings. The van der Waals surface area contributed by atoms with Crippen LogP contribution in [-0.2, 0) is 21.7 Å². The predicted molar refractivity (Wildman–Crippen MR) is 96.9 cm³/mol. The molecule has 2 N–H and O–H groups in total. The van der Waals surface area contributed by atoms with Crippen molar-refractivity contribution in [1.29, 1.82) is 0 Å². The summed E-state index contributed by atoms with van der Waals surface area (Å²) < 4.78 is 0. The van der Waals surface area contributed by atoms with E-state index in [0.29, 0.717) is 18.5 Å². The van der Waals surface area contributed by atoms with Crippen LogP contribution in [0.2, 0.25) is 0 Å². The van der Waals surface area contributed by atoms with Crippen molar-refractivity contribution in [3.05, 3.63) is 71.8 Å². The Morgan fingerprint density at radius 3 is 2.19 bits per heavy atom. The molecule has 1 unspecified atom stereocenters. The van der Waals surface area contributed by atoms with Gasteiger partial charge >= 0.3 is 6.03 Å². The van der Waals surface area contributed by atoms with Crippen molar-refractivity contribution >= 4 is 17.8 Å². The van der Waals surface area contributed by atoms with Crippen LogP contribution in [0.5, 0.6) is 0 Å². The summed E-state index contributed by atoms with van der Waals surface area (Å²) >= 11 is 0. The van der Waals surface area contributed by atoms with Crippen molar-refractivity contribution in [2.24, 2.45) is 0 Å². The number of rotatable bonds is 6. The highest BCUT2D eigenvalue weighted by Crippen LogP contribution is 2.28. The molecule has 1 heterocycles. The van der Waals surface area contributed by atoms with Gasteiger partial charge in [-0.15, -0.1) is 0 Å². The highest BCUT2D eigenvalue weighted by Gasteiger charge is 2.54. The van der Waals surface area contributed by atoms with E-state index in [4.69, 9.17) is 0 Å². The van der Waals surface area contributed by atoms with Gasteiger partial charge in [0.05, 0.1) is 0 Å². The van der Waals surface area contributed by atoms with Gasteiger partial charge in [-0.1, -0.05) is 67.6 Å². The fraction of sp³-hybridized carbons (Fsp3) is 0.250. The Morgan fingerprint density at radius 2 is 1.58 bits per heavy atom. The highest BCUT2D eigenvalue weighted by atomic mass is 16.2. The van der Waals surface area contributed by atoms with E-state index in [-0.39, 0.29) is 6.54 Å². The molecule has 134 valence electrons. The molecule has 1 saturated heterocycles. The normalized spacial score (nSPS) is 20.2. The van der Waals surface area contributed by atoms with E-state index in [1.165, 1.54) is 0 Å². The molecule has 1 atom stereocenters. The Balaban J connectivity index is 2.03. The first kappa shape index (κ1) is 17.8. The lowest BCUT2D eigenvalue weighted by atomic mass is 9.85. The number of nitrogens with one attached hydrogen (secondary N) is 2. The molecule has 6 nitrogen and oxygen atoms in total. The zero-order valence-corrected chi connectivity index (χ0v) is 14.6. The maximum absolute atomic E-state index is 13.3. The monoisotopic (exact) mass is 351 g/mol. The van der Waals surface area contributed by atoms with E-state index >= 15 is 0 Å². The van der Waals surface area contributed by atoms with Gasteiger partial charge in [0.1, 0.15) is 0 Å². The average molecular weight is 351 g/mol. The zero-order valence-electron chi connectivity index (χ0n) is 14.6. The minimum atomic E-state index is -1.64. The fourth-order valence-corrected chi connectivity index (χ4v) is 3.11. The molecule has 0 radical (unpaired) electrons. The zero-order chi connectivity index (χ0) is 18.6. The number of nitrogens with zero attached hydrogens (tertiary/aromatic N) is 1. The van der Waals surface area contributed by atoms with Crippen molar-refractivity contribution in [1.82, 2.24) is 15.5 Å². The molecule has 1 fully saturated rings. The standard InChI is InChI=1S/C20H21N3O3/c1-2-13-23-18(25)20(17(24)22-19(23)26,16-11-7-4-8-12-16)21-14-15-9-5-3-6-10-15/h3-12,21H,2,13-14H2,1H3,(H,22,24,26). The summed E-state index contributed by atoms with van der Waals surface area (Å²) in [6.07, 6.45) is 0.608.